The van der Waals surface area contributed by atoms with Crippen molar-refractivity contribution in [2.45, 2.75) is 12.8 Å². The highest BCUT2D eigenvalue weighted by molar-refractivity contribution is 5.90. The van der Waals surface area contributed by atoms with Crippen LogP contribution in [0, 0.1) is 12.7 Å². The largest absolute Gasteiger partial charge is 0.339 e. The van der Waals surface area contributed by atoms with Gasteiger partial charge in [-0.2, -0.15) is 4.98 Å². The highest BCUT2D eigenvalue weighted by Crippen LogP contribution is 2.26. The predicted octanol–water partition coefficient (Wildman–Crippen LogP) is 2.15. The molecule has 0 bridgehead atoms. The predicted molar refractivity (Wildman–Crippen MR) is 68.8 cm³/mol. The third kappa shape index (κ3) is 2.34. The van der Waals surface area contributed by atoms with E-state index in [1.54, 1.807) is 24.0 Å². The minimum atomic E-state index is -0.453. The molecule has 2 aromatic rings. The lowest BCUT2D eigenvalue weighted by Crippen LogP contribution is -2.50. The van der Waals surface area contributed by atoms with E-state index < -0.39 is 5.82 Å². The molecule has 7 heteroatoms. The maximum absolute atomic E-state index is 13.4. The van der Waals surface area contributed by atoms with E-state index >= 15 is 0 Å². The second kappa shape index (κ2) is 4.92. The van der Waals surface area contributed by atoms with Crippen LogP contribution in [-0.4, -0.2) is 34.2 Å². The van der Waals surface area contributed by atoms with Crippen LogP contribution in [0.4, 0.5) is 14.9 Å². The van der Waals surface area contributed by atoms with Crippen LogP contribution in [-0.2, 0) is 0 Å². The Bertz CT molecular complexity index is 637. The number of carbonyl (C=O) groups excluding carboxylic acids is 1. The number of hydrogen-bond acceptors (Lipinski definition) is 4. The number of hydrogen-bond donors (Lipinski definition) is 1. The lowest BCUT2D eigenvalue weighted by atomic mass is 10.0. The monoisotopic (exact) mass is 276 g/mol. The van der Waals surface area contributed by atoms with Crippen molar-refractivity contribution in [2.24, 2.45) is 0 Å². The number of nitrogens with zero attached hydrogens (tertiary/aromatic N) is 3. The number of nitrogens with one attached hydrogen (secondary N) is 1. The van der Waals surface area contributed by atoms with Crippen LogP contribution in [0.1, 0.15) is 17.6 Å². The number of anilines is 1. The van der Waals surface area contributed by atoms with Crippen LogP contribution in [0.25, 0.3) is 0 Å². The van der Waals surface area contributed by atoms with E-state index in [4.69, 9.17) is 4.52 Å². The molecule has 3 rings (SSSR count). The van der Waals surface area contributed by atoms with Crippen molar-refractivity contribution in [3.63, 3.8) is 0 Å². The van der Waals surface area contributed by atoms with Gasteiger partial charge in [-0.3, -0.25) is 0 Å². The van der Waals surface area contributed by atoms with E-state index in [9.17, 15) is 9.18 Å². The number of aromatic nitrogens is 2. The standard InChI is InChI=1S/C13H13FN4O2/c1-8-15-12(20-17-8)9-6-18(7-9)13(19)16-11-5-3-2-4-10(11)14/h2-5,9H,6-7H2,1H3,(H,16,19). The minimum Gasteiger partial charge on any atom is -0.339 e. The summed E-state index contributed by atoms with van der Waals surface area (Å²) in [4.78, 5) is 17.6. The molecule has 0 aliphatic carbocycles. The van der Waals surface area contributed by atoms with E-state index in [0.29, 0.717) is 24.8 Å². The van der Waals surface area contributed by atoms with Crippen molar-refractivity contribution in [3.8, 4) is 0 Å². The molecule has 104 valence electrons. The average Bonchev–Trinajstić information content (AvgIpc) is 2.77. The molecule has 1 saturated heterocycles. The van der Waals surface area contributed by atoms with Gasteiger partial charge in [0.1, 0.15) is 5.82 Å². The molecule has 1 aromatic carbocycles. The first-order valence-corrected chi connectivity index (χ1v) is 6.24. The number of urea groups is 1. The number of amides is 2. The summed E-state index contributed by atoms with van der Waals surface area (Å²) in [5.41, 5.74) is 0.176. The number of carbonyl (C=O) groups is 1. The highest BCUT2D eigenvalue weighted by Gasteiger charge is 2.35. The van der Waals surface area contributed by atoms with Gasteiger partial charge in [0.15, 0.2) is 5.82 Å². The molecule has 2 heterocycles. The number of benzene rings is 1. The molecular weight excluding hydrogens is 263 g/mol. The molecule has 1 aliphatic heterocycles. The van der Waals surface area contributed by atoms with Crippen molar-refractivity contribution in [1.82, 2.24) is 15.0 Å². The first-order valence-electron chi connectivity index (χ1n) is 6.24. The summed E-state index contributed by atoms with van der Waals surface area (Å²) in [6.07, 6.45) is 0. The first-order chi connectivity index (χ1) is 9.63. The normalized spacial score (nSPS) is 15.0. The van der Waals surface area contributed by atoms with Crippen molar-refractivity contribution in [1.29, 1.82) is 0 Å². The number of halogens is 1. The van der Waals surface area contributed by atoms with Crippen molar-refractivity contribution < 1.29 is 13.7 Å². The second-order valence-corrected chi connectivity index (χ2v) is 4.69. The van der Waals surface area contributed by atoms with Gasteiger partial charge in [0.2, 0.25) is 5.89 Å². The zero-order valence-electron chi connectivity index (χ0n) is 10.8. The van der Waals surface area contributed by atoms with Crippen LogP contribution < -0.4 is 5.32 Å². The van der Waals surface area contributed by atoms with Gasteiger partial charge in [-0.25, -0.2) is 9.18 Å². The van der Waals surface area contributed by atoms with E-state index in [1.165, 1.54) is 12.1 Å². The first kappa shape index (κ1) is 12.6. The number of aryl methyl sites for hydroxylation is 1. The Hall–Kier alpha value is -2.44. The van der Waals surface area contributed by atoms with Gasteiger partial charge in [0, 0.05) is 13.1 Å². The molecule has 0 saturated carbocycles. The Morgan fingerprint density at radius 1 is 1.45 bits per heavy atom. The molecular formula is C13H13FN4O2. The highest BCUT2D eigenvalue weighted by atomic mass is 19.1. The smallest absolute Gasteiger partial charge is 0.321 e. The van der Waals surface area contributed by atoms with Crippen molar-refractivity contribution in [2.75, 3.05) is 18.4 Å². The third-order valence-electron chi connectivity index (χ3n) is 3.18. The molecule has 0 radical (unpaired) electrons. The molecule has 0 unspecified atom stereocenters. The van der Waals surface area contributed by atoms with E-state index in [1.807, 2.05) is 0 Å². The summed E-state index contributed by atoms with van der Waals surface area (Å²) in [5, 5.41) is 6.25. The number of para-hydroxylation sites is 1. The molecule has 1 aromatic heterocycles. The van der Waals surface area contributed by atoms with Gasteiger partial charge in [0.05, 0.1) is 11.6 Å². The maximum Gasteiger partial charge on any atom is 0.321 e. The lowest BCUT2D eigenvalue weighted by Gasteiger charge is -2.36. The van der Waals surface area contributed by atoms with E-state index in [-0.39, 0.29) is 17.6 Å². The van der Waals surface area contributed by atoms with Crippen molar-refractivity contribution >= 4 is 11.7 Å². The molecule has 0 atom stereocenters. The Morgan fingerprint density at radius 3 is 2.85 bits per heavy atom. The van der Waals surface area contributed by atoms with Gasteiger partial charge in [-0.05, 0) is 19.1 Å². The fraction of sp³-hybridized carbons (Fsp3) is 0.308. The Kier molecular flexibility index (Phi) is 3.09. The van der Waals surface area contributed by atoms with Crippen LogP contribution in [0.15, 0.2) is 28.8 Å². The summed E-state index contributed by atoms with van der Waals surface area (Å²) in [7, 11) is 0. The topological polar surface area (TPSA) is 71.3 Å². The second-order valence-electron chi connectivity index (χ2n) is 4.69. The summed E-state index contributed by atoms with van der Waals surface area (Å²) in [6.45, 7) is 2.72. The quantitative estimate of drug-likeness (QED) is 0.912. The molecule has 1 aliphatic rings. The van der Waals surface area contributed by atoms with Crippen LogP contribution in [0.2, 0.25) is 0 Å². The summed E-state index contributed by atoms with van der Waals surface area (Å²) in [5.74, 6) is 0.722. The van der Waals surface area contributed by atoms with Gasteiger partial charge in [-0.15, -0.1) is 0 Å². The number of likely N-dealkylation sites (tertiary alicyclic amines) is 1. The van der Waals surface area contributed by atoms with Crippen LogP contribution >= 0.6 is 0 Å². The fourth-order valence-electron chi connectivity index (χ4n) is 2.04. The Morgan fingerprint density at radius 2 is 2.20 bits per heavy atom. The van der Waals surface area contributed by atoms with Gasteiger partial charge in [-0.1, -0.05) is 17.3 Å². The summed E-state index contributed by atoms with van der Waals surface area (Å²) in [6, 6.07) is 5.73. The SMILES string of the molecule is Cc1noc(C2CN(C(=O)Nc3ccccc3F)C2)n1. The average molecular weight is 276 g/mol. The van der Waals surface area contributed by atoms with Gasteiger partial charge in [0.25, 0.3) is 0 Å². The lowest BCUT2D eigenvalue weighted by molar-refractivity contribution is 0.147. The third-order valence-corrected chi connectivity index (χ3v) is 3.18. The molecule has 1 N–H and O–H groups in total. The minimum absolute atomic E-state index is 0.0579. The van der Waals surface area contributed by atoms with Gasteiger partial charge >= 0.3 is 6.03 Å². The summed E-state index contributed by atoms with van der Waals surface area (Å²) < 4.78 is 18.5. The molecule has 0 spiro atoms. The zero-order chi connectivity index (χ0) is 14.1. The van der Waals surface area contributed by atoms with E-state index in [2.05, 4.69) is 15.5 Å². The van der Waals surface area contributed by atoms with Gasteiger partial charge < -0.3 is 14.7 Å². The molecule has 2 amide bonds. The van der Waals surface area contributed by atoms with Crippen molar-refractivity contribution in [3.05, 3.63) is 41.8 Å². The zero-order valence-corrected chi connectivity index (χ0v) is 10.8. The Labute approximate surface area is 114 Å². The van der Waals surface area contributed by atoms with Crippen LogP contribution in [0.5, 0.6) is 0 Å². The Balaban J connectivity index is 1.57. The molecule has 1 fully saturated rings. The molecule has 20 heavy (non-hydrogen) atoms. The fourth-order valence-corrected chi connectivity index (χ4v) is 2.04. The maximum atomic E-state index is 13.4. The van der Waals surface area contributed by atoms with E-state index in [0.717, 1.165) is 0 Å². The molecule has 6 nitrogen and oxygen atoms in total. The summed E-state index contributed by atoms with van der Waals surface area (Å²) >= 11 is 0. The van der Waals surface area contributed by atoms with Crippen LogP contribution in [0.3, 0.4) is 0 Å². The number of rotatable bonds is 2.